The summed E-state index contributed by atoms with van der Waals surface area (Å²) in [5.74, 6) is 0. The minimum absolute atomic E-state index is 0. The molecule has 0 atom stereocenters. The van der Waals surface area contributed by atoms with Gasteiger partial charge in [0, 0.05) is 17.1 Å². The Labute approximate surface area is 176 Å². The maximum absolute atomic E-state index is 7.50. The van der Waals surface area contributed by atoms with Crippen LogP contribution in [0.1, 0.15) is 59.3 Å². The summed E-state index contributed by atoms with van der Waals surface area (Å²) >= 11 is 0. The molecular weight excluding hydrogens is 365 g/mol. The van der Waals surface area contributed by atoms with Crippen LogP contribution in [0.15, 0.2) is 0 Å². The monoisotopic (exact) mass is 392 g/mol. The van der Waals surface area contributed by atoms with Crippen molar-refractivity contribution in [2.45, 2.75) is 59.3 Å². The molecule has 4 nitrogen and oxygen atoms in total. The minimum Gasteiger partial charge on any atom is 0 e. The van der Waals surface area contributed by atoms with Gasteiger partial charge in [-0.3, -0.25) is 0 Å². The molecule has 0 aliphatic heterocycles. The van der Waals surface area contributed by atoms with E-state index in [4.69, 9.17) is 18.6 Å². The van der Waals surface area contributed by atoms with E-state index in [0.29, 0.717) is 7.92 Å². The van der Waals surface area contributed by atoms with Crippen molar-refractivity contribution >= 4 is 7.92 Å². The van der Waals surface area contributed by atoms with Gasteiger partial charge in [-0.2, -0.15) is 0 Å². The van der Waals surface area contributed by atoms with Crippen molar-refractivity contribution in [2.75, 3.05) is 18.5 Å². The minimum atomic E-state index is 0. The fourth-order valence-corrected chi connectivity index (χ4v) is 4.44. The molecule has 0 aromatic carbocycles. The molecule has 0 aliphatic rings. The van der Waals surface area contributed by atoms with Gasteiger partial charge >= 0.3 is 74.8 Å². The van der Waals surface area contributed by atoms with Gasteiger partial charge < -0.3 is 0 Å². The van der Waals surface area contributed by atoms with Gasteiger partial charge in [0.1, 0.15) is 0 Å². The SMILES string of the molecule is CCCCP(CCCC)CCCC.[C-]#[O+].[C-]#[O+].[C-]#[O+].[C-]#[O+].[Mn].[Na+]. The number of unbranched alkanes of at least 4 members (excludes halogenated alkanes) is 3. The first kappa shape index (κ1) is 43.9. The first-order chi connectivity index (χ1) is 10.3. The predicted octanol–water partition coefficient (Wildman–Crippen LogP) is 1.72. The van der Waals surface area contributed by atoms with E-state index in [1.54, 1.807) is 18.5 Å². The normalized spacial score (nSPS) is 6.61. The quantitative estimate of drug-likeness (QED) is 0.248. The molecular formula is C16H27MnNaO4P+. The molecule has 0 unspecified atom stereocenters. The second-order valence-corrected chi connectivity index (χ2v) is 6.59. The fraction of sp³-hybridized carbons (Fsp3) is 0.750. The first-order valence-corrected chi connectivity index (χ1v) is 8.78. The van der Waals surface area contributed by atoms with Gasteiger partial charge in [0.05, 0.1) is 0 Å². The van der Waals surface area contributed by atoms with Gasteiger partial charge in [0.2, 0.25) is 0 Å². The molecule has 0 saturated heterocycles. The molecule has 0 saturated carbocycles. The Bertz CT molecular complexity index is 190. The fourth-order valence-electron chi connectivity index (χ4n) is 1.48. The molecule has 0 aliphatic carbocycles. The second kappa shape index (κ2) is 66.0. The average Bonchev–Trinajstić information content (AvgIpc) is 2.61. The molecule has 0 fully saturated rings. The summed E-state index contributed by atoms with van der Waals surface area (Å²) in [6.45, 7) is 24.9. The van der Waals surface area contributed by atoms with E-state index in [0.717, 1.165) is 0 Å². The summed E-state index contributed by atoms with van der Waals surface area (Å²) in [6.07, 6.45) is 13.2. The van der Waals surface area contributed by atoms with E-state index >= 15 is 0 Å². The van der Waals surface area contributed by atoms with Crippen molar-refractivity contribution in [3.63, 3.8) is 0 Å². The number of hydrogen-bond acceptors (Lipinski definition) is 0. The largest absolute Gasteiger partial charge is 1.00 e. The topological polar surface area (TPSA) is 79.6 Å². The maximum atomic E-state index is 7.50. The van der Waals surface area contributed by atoms with Crippen molar-refractivity contribution in [3.8, 4) is 0 Å². The zero-order chi connectivity index (χ0) is 17.9. The molecule has 7 heteroatoms. The van der Waals surface area contributed by atoms with Crippen LogP contribution in [-0.2, 0) is 35.7 Å². The van der Waals surface area contributed by atoms with Gasteiger partial charge in [0.25, 0.3) is 0 Å². The first-order valence-electron chi connectivity index (χ1n) is 6.89. The van der Waals surface area contributed by atoms with Gasteiger partial charge in [-0.15, -0.1) is 7.92 Å². The van der Waals surface area contributed by atoms with Crippen LogP contribution >= 0.6 is 7.92 Å². The Morgan fingerprint density at radius 2 is 0.739 bits per heavy atom. The van der Waals surface area contributed by atoms with Gasteiger partial charge in [-0.25, -0.2) is 0 Å². The van der Waals surface area contributed by atoms with Gasteiger partial charge in [-0.05, 0) is 37.7 Å². The third-order valence-electron chi connectivity index (χ3n) is 2.48. The van der Waals surface area contributed by atoms with Crippen LogP contribution < -0.4 is 29.6 Å². The molecule has 23 heavy (non-hydrogen) atoms. The van der Waals surface area contributed by atoms with E-state index in [1.165, 1.54) is 38.5 Å². The van der Waals surface area contributed by atoms with E-state index < -0.39 is 0 Å². The van der Waals surface area contributed by atoms with E-state index in [1.807, 2.05) is 0 Å². The maximum Gasteiger partial charge on any atom is 1.00 e. The Morgan fingerprint density at radius 3 is 0.870 bits per heavy atom. The van der Waals surface area contributed by atoms with Crippen LogP contribution in [-0.4, -0.2) is 18.5 Å². The van der Waals surface area contributed by atoms with Crippen molar-refractivity contribution in [1.29, 1.82) is 0 Å². The van der Waals surface area contributed by atoms with Gasteiger partial charge in [0.15, 0.2) is 0 Å². The predicted molar refractivity (Wildman–Crippen MR) is 82.0 cm³/mol. The molecule has 0 aromatic rings. The Hall–Kier alpha value is 0.909. The number of hydrogen-bond donors (Lipinski definition) is 0. The van der Waals surface area contributed by atoms with E-state index in [2.05, 4.69) is 47.4 Å². The summed E-state index contributed by atoms with van der Waals surface area (Å²) < 4.78 is 30.0. The van der Waals surface area contributed by atoms with Crippen molar-refractivity contribution in [1.82, 2.24) is 0 Å². The zero-order valence-electron chi connectivity index (χ0n) is 14.8. The van der Waals surface area contributed by atoms with Crippen LogP contribution in [0.3, 0.4) is 0 Å². The van der Waals surface area contributed by atoms with Crippen LogP contribution in [0, 0.1) is 26.6 Å². The standard InChI is InChI=1S/C12H27P.4CO.Mn.Na/c1-4-7-10-13(11-8-5-2)12-9-6-3;4*1-2;;/h4-12H2,1-3H3;;;;;;/q;;;;;;+1. The average molecular weight is 392 g/mol. The van der Waals surface area contributed by atoms with Crippen LogP contribution in [0.4, 0.5) is 0 Å². The van der Waals surface area contributed by atoms with Crippen LogP contribution in [0.5, 0.6) is 0 Å². The summed E-state index contributed by atoms with van der Waals surface area (Å²) in [5.41, 5.74) is 0. The molecule has 0 amide bonds. The molecule has 0 aromatic heterocycles. The Morgan fingerprint density at radius 1 is 0.565 bits per heavy atom. The molecule has 0 spiro atoms. The van der Waals surface area contributed by atoms with Crippen molar-refractivity contribution < 1.29 is 65.2 Å². The summed E-state index contributed by atoms with van der Waals surface area (Å²) in [7, 11) is 0.422. The second-order valence-electron chi connectivity index (χ2n) is 3.90. The molecule has 0 rings (SSSR count). The number of rotatable bonds is 9. The molecule has 0 heterocycles. The van der Waals surface area contributed by atoms with Gasteiger partial charge in [-0.1, -0.05) is 40.0 Å². The summed E-state index contributed by atoms with van der Waals surface area (Å²) in [6, 6.07) is 0. The molecule has 0 N–H and O–H groups in total. The van der Waals surface area contributed by atoms with E-state index in [9.17, 15) is 0 Å². The summed E-state index contributed by atoms with van der Waals surface area (Å²) in [5, 5.41) is 0. The van der Waals surface area contributed by atoms with E-state index in [-0.39, 0.29) is 46.6 Å². The van der Waals surface area contributed by atoms with Crippen LogP contribution in [0.25, 0.3) is 0 Å². The molecule has 127 valence electrons. The Kier molecular flexibility index (Phi) is 126. The smallest absolute Gasteiger partial charge is 0 e. The Balaban J connectivity index is -0.0000000445. The van der Waals surface area contributed by atoms with Crippen molar-refractivity contribution in [3.05, 3.63) is 26.6 Å². The molecule has 0 bridgehead atoms. The third kappa shape index (κ3) is 60.1. The van der Waals surface area contributed by atoms with Crippen LogP contribution in [0.2, 0.25) is 0 Å². The zero-order valence-corrected chi connectivity index (χ0v) is 18.9. The van der Waals surface area contributed by atoms with Crippen molar-refractivity contribution in [2.24, 2.45) is 0 Å². The third-order valence-corrected chi connectivity index (χ3v) is 5.33. The molecule has 1 radical (unpaired) electrons. The summed E-state index contributed by atoms with van der Waals surface area (Å²) in [4.78, 5) is 0.